The third kappa shape index (κ3) is 6.14. The van der Waals surface area contributed by atoms with Crippen molar-refractivity contribution in [3.8, 4) is 11.5 Å². The molecule has 2 aromatic carbocycles. The first-order valence-corrected chi connectivity index (χ1v) is 12.5. The van der Waals surface area contributed by atoms with Crippen molar-refractivity contribution in [3.63, 3.8) is 0 Å². The van der Waals surface area contributed by atoms with E-state index in [0.717, 1.165) is 24.9 Å². The van der Waals surface area contributed by atoms with Gasteiger partial charge < -0.3 is 19.5 Å². The van der Waals surface area contributed by atoms with Crippen LogP contribution in [0.25, 0.3) is 10.9 Å². The maximum absolute atomic E-state index is 13.6. The standard InChI is InChI=1S/C26H28ClFN4O4/c1-16-12-32(13-25(33)36-16)7-2-8-34-23-10-19-22(11-24(23)35-14-17-3-4-17)29-15-30-26(19)31-18-5-6-21(28)20(27)9-18/h5-6,9-11,15-17H,2-4,7-8,12-14H2,1H3,(H,29,30,31)/t16-/m0/s1. The van der Waals surface area contributed by atoms with E-state index in [2.05, 4.69) is 20.2 Å². The third-order valence-electron chi connectivity index (χ3n) is 6.13. The average molecular weight is 515 g/mol. The fourth-order valence-corrected chi connectivity index (χ4v) is 4.32. The summed E-state index contributed by atoms with van der Waals surface area (Å²) in [5, 5.41) is 3.95. The second-order valence-electron chi connectivity index (χ2n) is 9.28. The zero-order valence-electron chi connectivity index (χ0n) is 20.0. The van der Waals surface area contributed by atoms with Crippen molar-refractivity contribution in [1.29, 1.82) is 0 Å². The Morgan fingerprint density at radius 1 is 1.19 bits per heavy atom. The molecular formula is C26H28ClFN4O4. The molecule has 1 aromatic heterocycles. The molecule has 0 unspecified atom stereocenters. The molecule has 2 aliphatic rings. The van der Waals surface area contributed by atoms with Crippen LogP contribution in [-0.4, -0.2) is 59.8 Å². The van der Waals surface area contributed by atoms with Crippen LogP contribution in [0.15, 0.2) is 36.7 Å². The van der Waals surface area contributed by atoms with Crippen molar-refractivity contribution in [2.45, 2.75) is 32.3 Å². The zero-order chi connectivity index (χ0) is 25.1. The number of halogens is 2. The van der Waals surface area contributed by atoms with Crippen molar-refractivity contribution in [2.24, 2.45) is 5.92 Å². The number of carbonyl (C=O) groups excluding carboxylic acids is 1. The predicted octanol–water partition coefficient (Wildman–Crippen LogP) is 4.97. The molecule has 0 radical (unpaired) electrons. The number of benzene rings is 2. The largest absolute Gasteiger partial charge is 0.490 e. The predicted molar refractivity (Wildman–Crippen MR) is 135 cm³/mol. The summed E-state index contributed by atoms with van der Waals surface area (Å²) in [4.78, 5) is 22.5. The second-order valence-corrected chi connectivity index (χ2v) is 9.69. The SMILES string of the molecule is C[C@H]1CN(CCCOc2cc3c(Nc4ccc(F)c(Cl)c4)ncnc3cc2OCC2CC2)CC(=O)O1. The van der Waals surface area contributed by atoms with Crippen LogP contribution in [0.3, 0.4) is 0 Å². The van der Waals surface area contributed by atoms with E-state index in [1.807, 2.05) is 19.1 Å². The first-order chi connectivity index (χ1) is 17.4. The maximum atomic E-state index is 13.6. The minimum atomic E-state index is -0.487. The number of nitrogens with one attached hydrogen (secondary N) is 1. The van der Waals surface area contributed by atoms with E-state index >= 15 is 0 Å². The Morgan fingerprint density at radius 3 is 2.81 bits per heavy atom. The molecule has 10 heteroatoms. The van der Waals surface area contributed by atoms with E-state index in [1.165, 1.54) is 31.3 Å². The molecule has 1 N–H and O–H groups in total. The number of fused-ring (bicyclic) bond motifs is 1. The number of anilines is 2. The Bertz CT molecular complexity index is 1260. The van der Waals surface area contributed by atoms with Gasteiger partial charge in [0.25, 0.3) is 0 Å². The van der Waals surface area contributed by atoms with E-state index in [9.17, 15) is 9.18 Å². The van der Waals surface area contributed by atoms with E-state index in [-0.39, 0.29) is 17.1 Å². The van der Waals surface area contributed by atoms with E-state index in [0.29, 0.717) is 54.2 Å². The summed E-state index contributed by atoms with van der Waals surface area (Å²) in [7, 11) is 0. The number of nitrogens with zero attached hydrogens (tertiary/aromatic N) is 3. The highest BCUT2D eigenvalue weighted by atomic mass is 35.5. The Morgan fingerprint density at radius 2 is 2.03 bits per heavy atom. The minimum absolute atomic E-state index is 0.0227. The number of cyclic esters (lactones) is 1. The molecule has 1 aliphatic heterocycles. The molecule has 3 aromatic rings. The molecular weight excluding hydrogens is 487 g/mol. The number of esters is 1. The summed E-state index contributed by atoms with van der Waals surface area (Å²) < 4.78 is 31.0. The number of aromatic nitrogens is 2. The molecule has 1 aliphatic carbocycles. The molecule has 1 atom stereocenters. The van der Waals surface area contributed by atoms with Gasteiger partial charge in [0.1, 0.15) is 24.1 Å². The van der Waals surface area contributed by atoms with Gasteiger partial charge in [-0.2, -0.15) is 0 Å². The summed E-state index contributed by atoms with van der Waals surface area (Å²) in [5.74, 6) is 1.69. The molecule has 0 spiro atoms. The van der Waals surface area contributed by atoms with Crippen LogP contribution in [0.1, 0.15) is 26.2 Å². The van der Waals surface area contributed by atoms with Crippen LogP contribution >= 0.6 is 11.6 Å². The zero-order valence-corrected chi connectivity index (χ0v) is 20.8. The fraction of sp³-hybridized carbons (Fsp3) is 0.423. The number of hydrogen-bond acceptors (Lipinski definition) is 8. The van der Waals surface area contributed by atoms with Crippen molar-refractivity contribution >= 4 is 40.0 Å². The Kier molecular flexibility index (Phi) is 7.38. The summed E-state index contributed by atoms with van der Waals surface area (Å²) >= 11 is 5.94. The van der Waals surface area contributed by atoms with Gasteiger partial charge in [-0.05, 0) is 56.4 Å². The Labute approximate surface area is 213 Å². The molecule has 1 saturated heterocycles. The first kappa shape index (κ1) is 24.5. The lowest BCUT2D eigenvalue weighted by Crippen LogP contribution is -2.44. The molecule has 36 heavy (non-hydrogen) atoms. The van der Waals surface area contributed by atoms with Gasteiger partial charge >= 0.3 is 5.97 Å². The lowest BCUT2D eigenvalue weighted by atomic mass is 10.2. The van der Waals surface area contributed by atoms with Gasteiger partial charge in [-0.15, -0.1) is 0 Å². The smallest absolute Gasteiger partial charge is 0.320 e. The Balaban J connectivity index is 1.33. The maximum Gasteiger partial charge on any atom is 0.320 e. The first-order valence-electron chi connectivity index (χ1n) is 12.1. The van der Waals surface area contributed by atoms with Crippen molar-refractivity contribution in [2.75, 3.05) is 38.2 Å². The van der Waals surface area contributed by atoms with E-state index in [4.69, 9.17) is 25.8 Å². The molecule has 2 heterocycles. The van der Waals surface area contributed by atoms with Gasteiger partial charge in [0.15, 0.2) is 11.5 Å². The van der Waals surface area contributed by atoms with E-state index < -0.39 is 5.82 Å². The van der Waals surface area contributed by atoms with Crippen molar-refractivity contribution < 1.29 is 23.4 Å². The summed E-state index contributed by atoms with van der Waals surface area (Å²) in [6.45, 7) is 4.74. The van der Waals surface area contributed by atoms with Crippen LogP contribution in [0.4, 0.5) is 15.9 Å². The van der Waals surface area contributed by atoms with Crippen molar-refractivity contribution in [1.82, 2.24) is 14.9 Å². The van der Waals surface area contributed by atoms with Crippen LogP contribution in [0, 0.1) is 11.7 Å². The minimum Gasteiger partial charge on any atom is -0.490 e. The van der Waals surface area contributed by atoms with Crippen LogP contribution in [0.2, 0.25) is 5.02 Å². The molecule has 8 nitrogen and oxygen atoms in total. The molecule has 1 saturated carbocycles. The number of morpholine rings is 1. The number of rotatable bonds is 10. The summed E-state index contributed by atoms with van der Waals surface area (Å²) in [6, 6.07) is 8.13. The lowest BCUT2D eigenvalue weighted by Gasteiger charge is -2.30. The molecule has 0 amide bonds. The summed E-state index contributed by atoms with van der Waals surface area (Å²) in [5.41, 5.74) is 1.30. The van der Waals surface area contributed by atoms with Gasteiger partial charge in [0.05, 0.1) is 30.3 Å². The molecule has 5 rings (SSSR count). The Hall–Kier alpha value is -3.17. The highest BCUT2D eigenvalue weighted by Gasteiger charge is 2.24. The van der Waals surface area contributed by atoms with Crippen molar-refractivity contribution in [3.05, 3.63) is 47.5 Å². The van der Waals surface area contributed by atoms with Crippen LogP contribution < -0.4 is 14.8 Å². The number of ether oxygens (including phenoxy) is 3. The average Bonchev–Trinajstić information content (AvgIpc) is 3.67. The number of hydrogen-bond donors (Lipinski definition) is 1. The van der Waals surface area contributed by atoms with E-state index in [1.54, 1.807) is 6.07 Å². The normalized spacial score (nSPS) is 18.2. The van der Waals surface area contributed by atoms with Gasteiger partial charge in [-0.25, -0.2) is 14.4 Å². The molecule has 2 fully saturated rings. The molecule has 190 valence electrons. The van der Waals surface area contributed by atoms with Crippen LogP contribution in [0.5, 0.6) is 11.5 Å². The highest BCUT2D eigenvalue weighted by Crippen LogP contribution is 2.37. The lowest BCUT2D eigenvalue weighted by molar-refractivity contribution is -0.157. The van der Waals surface area contributed by atoms with Crippen LogP contribution in [-0.2, 0) is 9.53 Å². The molecule has 0 bridgehead atoms. The van der Waals surface area contributed by atoms with Gasteiger partial charge in [-0.1, -0.05) is 11.6 Å². The van der Waals surface area contributed by atoms with Gasteiger partial charge in [0.2, 0.25) is 0 Å². The van der Waals surface area contributed by atoms with Gasteiger partial charge in [-0.3, -0.25) is 9.69 Å². The highest BCUT2D eigenvalue weighted by molar-refractivity contribution is 6.31. The second kappa shape index (κ2) is 10.8. The summed E-state index contributed by atoms with van der Waals surface area (Å²) in [6.07, 6.45) is 4.46. The number of carbonyl (C=O) groups is 1. The monoisotopic (exact) mass is 514 g/mol. The topological polar surface area (TPSA) is 85.8 Å². The fourth-order valence-electron chi connectivity index (χ4n) is 4.14. The third-order valence-corrected chi connectivity index (χ3v) is 6.42. The quantitative estimate of drug-likeness (QED) is 0.300. The van der Waals surface area contributed by atoms with Gasteiger partial charge in [0, 0.05) is 30.2 Å².